The van der Waals surface area contributed by atoms with Crippen molar-refractivity contribution in [2.75, 3.05) is 5.75 Å². The second kappa shape index (κ2) is 6.21. The number of aromatic nitrogens is 3. The van der Waals surface area contributed by atoms with Crippen molar-refractivity contribution in [3.63, 3.8) is 0 Å². The van der Waals surface area contributed by atoms with Gasteiger partial charge in [0.15, 0.2) is 5.16 Å². The number of rotatable bonds is 6. The molecule has 0 aliphatic heterocycles. The van der Waals surface area contributed by atoms with E-state index in [1.54, 1.807) is 11.3 Å². The molecule has 0 spiro atoms. The summed E-state index contributed by atoms with van der Waals surface area (Å²) in [6.45, 7) is 4.67. The minimum absolute atomic E-state index is 0.0340. The average Bonchev–Trinajstić information content (AvgIpc) is 2.90. The van der Waals surface area contributed by atoms with E-state index in [0.29, 0.717) is 0 Å². The van der Waals surface area contributed by atoms with Crippen LogP contribution >= 0.6 is 23.1 Å². The summed E-state index contributed by atoms with van der Waals surface area (Å²) in [5, 5.41) is 12.6. The van der Waals surface area contributed by atoms with E-state index < -0.39 is 5.97 Å². The molecule has 19 heavy (non-hydrogen) atoms. The van der Waals surface area contributed by atoms with Gasteiger partial charge in [0, 0.05) is 24.5 Å². The van der Waals surface area contributed by atoms with Crippen molar-refractivity contribution in [3.05, 3.63) is 28.0 Å². The number of carboxylic acid groups (broad SMARTS) is 1. The second-order valence-electron chi connectivity index (χ2n) is 4.15. The Hall–Kier alpha value is -1.34. The monoisotopic (exact) mass is 297 g/mol. The highest BCUT2D eigenvalue weighted by molar-refractivity contribution is 7.99. The molecule has 0 saturated heterocycles. The number of carbonyl (C=O) groups is 1. The van der Waals surface area contributed by atoms with E-state index in [9.17, 15) is 4.79 Å². The van der Waals surface area contributed by atoms with Crippen molar-refractivity contribution < 1.29 is 9.90 Å². The molecule has 2 heterocycles. The molecule has 0 bridgehead atoms. The number of hydrogen-bond donors (Lipinski definition) is 1. The van der Waals surface area contributed by atoms with Crippen LogP contribution in [0.4, 0.5) is 0 Å². The fraction of sp³-hybridized carbons (Fsp3) is 0.417. The number of aliphatic carboxylic acids is 1. The van der Waals surface area contributed by atoms with Crippen LogP contribution < -0.4 is 0 Å². The van der Waals surface area contributed by atoms with Gasteiger partial charge in [-0.05, 0) is 13.8 Å². The van der Waals surface area contributed by atoms with Gasteiger partial charge in [-0.15, -0.1) is 11.3 Å². The van der Waals surface area contributed by atoms with Crippen LogP contribution in [0.2, 0.25) is 0 Å². The van der Waals surface area contributed by atoms with Gasteiger partial charge in [0.1, 0.15) is 0 Å². The zero-order valence-electron chi connectivity index (χ0n) is 10.8. The van der Waals surface area contributed by atoms with Crippen LogP contribution in [-0.2, 0) is 17.8 Å². The molecular weight excluding hydrogens is 282 g/mol. The molecule has 0 unspecified atom stereocenters. The van der Waals surface area contributed by atoms with Crippen molar-refractivity contribution in [3.8, 4) is 0 Å². The smallest absolute Gasteiger partial charge is 0.313 e. The minimum atomic E-state index is -0.827. The van der Waals surface area contributed by atoms with E-state index in [2.05, 4.69) is 15.3 Å². The quantitative estimate of drug-likeness (QED) is 0.829. The predicted molar refractivity (Wildman–Crippen MR) is 75.9 cm³/mol. The summed E-state index contributed by atoms with van der Waals surface area (Å²) in [4.78, 5) is 19.4. The molecule has 2 aromatic heterocycles. The molecule has 1 N–H and O–H groups in total. The first-order chi connectivity index (χ1) is 9.04. The Balaban J connectivity index is 2.00. The van der Waals surface area contributed by atoms with Gasteiger partial charge in [-0.25, -0.2) is 9.97 Å². The fourth-order valence-corrected chi connectivity index (χ4v) is 3.10. The summed E-state index contributed by atoms with van der Waals surface area (Å²) in [5.41, 5.74) is 1.98. The number of hydrogen-bond acceptors (Lipinski definition) is 5. The highest BCUT2D eigenvalue weighted by Gasteiger charge is 2.09. The summed E-state index contributed by atoms with van der Waals surface area (Å²) in [5.74, 6) is -0.793. The number of thioether (sulfide) groups is 1. The van der Waals surface area contributed by atoms with Crippen LogP contribution in [-0.4, -0.2) is 31.4 Å². The molecule has 0 amide bonds. The number of nitrogens with zero attached hydrogens (tertiary/aromatic N) is 3. The third-order valence-electron chi connectivity index (χ3n) is 2.46. The van der Waals surface area contributed by atoms with E-state index in [1.807, 2.05) is 24.6 Å². The third-order valence-corrected chi connectivity index (χ3v) is 4.26. The predicted octanol–water partition coefficient (Wildman–Crippen LogP) is 2.38. The summed E-state index contributed by atoms with van der Waals surface area (Å²) in [7, 11) is 0. The van der Waals surface area contributed by atoms with Gasteiger partial charge in [-0.1, -0.05) is 11.8 Å². The molecule has 0 atom stereocenters. The molecule has 5 nitrogen and oxygen atoms in total. The SMILES string of the molecule is Cc1cn(CCc2csc(C)n2)c(SCC(=O)O)n1. The van der Waals surface area contributed by atoms with E-state index in [1.165, 1.54) is 11.8 Å². The number of aryl methyl sites for hydroxylation is 4. The minimum Gasteiger partial charge on any atom is -0.481 e. The maximum atomic E-state index is 10.6. The average molecular weight is 297 g/mol. The molecule has 0 aromatic carbocycles. The fourth-order valence-electron chi connectivity index (χ4n) is 1.68. The van der Waals surface area contributed by atoms with Gasteiger partial charge in [-0.3, -0.25) is 4.79 Å². The van der Waals surface area contributed by atoms with E-state index >= 15 is 0 Å². The summed E-state index contributed by atoms with van der Waals surface area (Å²) >= 11 is 2.90. The van der Waals surface area contributed by atoms with Crippen LogP contribution in [0, 0.1) is 13.8 Å². The lowest BCUT2D eigenvalue weighted by atomic mass is 10.3. The largest absolute Gasteiger partial charge is 0.481 e. The van der Waals surface area contributed by atoms with Gasteiger partial charge in [0.25, 0.3) is 0 Å². The third kappa shape index (κ3) is 4.07. The van der Waals surface area contributed by atoms with E-state index in [0.717, 1.165) is 34.5 Å². The van der Waals surface area contributed by atoms with Crippen LogP contribution in [0.3, 0.4) is 0 Å². The summed E-state index contributed by atoms with van der Waals surface area (Å²) in [6.07, 6.45) is 2.78. The first-order valence-electron chi connectivity index (χ1n) is 5.84. The molecule has 0 aliphatic carbocycles. The Morgan fingerprint density at radius 2 is 2.26 bits per heavy atom. The van der Waals surface area contributed by atoms with Gasteiger partial charge in [0.05, 0.1) is 22.1 Å². The maximum Gasteiger partial charge on any atom is 0.313 e. The molecule has 0 radical (unpaired) electrons. The molecule has 2 aromatic rings. The van der Waals surface area contributed by atoms with Crippen molar-refractivity contribution in [1.82, 2.24) is 14.5 Å². The van der Waals surface area contributed by atoms with Crippen molar-refractivity contribution in [2.45, 2.75) is 32.0 Å². The van der Waals surface area contributed by atoms with Gasteiger partial charge in [0.2, 0.25) is 0 Å². The zero-order valence-corrected chi connectivity index (χ0v) is 12.4. The number of thiazole rings is 1. The maximum absolute atomic E-state index is 10.6. The van der Waals surface area contributed by atoms with Gasteiger partial charge in [-0.2, -0.15) is 0 Å². The molecule has 2 rings (SSSR count). The molecule has 0 saturated carbocycles. The standard InChI is InChI=1S/C12H15N3O2S2/c1-8-5-15(12(13-8)19-7-11(16)17)4-3-10-6-18-9(2)14-10/h5-6H,3-4,7H2,1-2H3,(H,16,17). The Bertz CT molecular complexity index is 577. The topological polar surface area (TPSA) is 68.0 Å². The van der Waals surface area contributed by atoms with E-state index in [4.69, 9.17) is 5.11 Å². The van der Waals surface area contributed by atoms with Crippen molar-refractivity contribution in [2.24, 2.45) is 0 Å². The Labute approximate surface area is 119 Å². The first kappa shape index (κ1) is 14.1. The molecule has 0 aliphatic rings. The van der Waals surface area contributed by atoms with Crippen LogP contribution in [0.15, 0.2) is 16.7 Å². The van der Waals surface area contributed by atoms with Crippen LogP contribution in [0.1, 0.15) is 16.4 Å². The van der Waals surface area contributed by atoms with E-state index in [-0.39, 0.29) is 5.75 Å². The summed E-state index contributed by atoms with van der Waals surface area (Å²) < 4.78 is 2.00. The number of carboxylic acids is 1. The lowest BCUT2D eigenvalue weighted by molar-refractivity contribution is -0.133. The second-order valence-corrected chi connectivity index (χ2v) is 6.15. The van der Waals surface area contributed by atoms with Crippen molar-refractivity contribution >= 4 is 29.1 Å². The first-order valence-corrected chi connectivity index (χ1v) is 7.70. The lowest BCUT2D eigenvalue weighted by Gasteiger charge is -2.04. The molecule has 7 heteroatoms. The molecule has 102 valence electrons. The lowest BCUT2D eigenvalue weighted by Crippen LogP contribution is -2.04. The summed E-state index contributed by atoms with van der Waals surface area (Å²) in [6, 6.07) is 0. The normalized spacial score (nSPS) is 10.8. The van der Waals surface area contributed by atoms with Crippen LogP contribution in [0.25, 0.3) is 0 Å². The number of imidazole rings is 1. The van der Waals surface area contributed by atoms with Crippen molar-refractivity contribution in [1.29, 1.82) is 0 Å². The zero-order chi connectivity index (χ0) is 13.8. The Morgan fingerprint density at radius 3 is 2.89 bits per heavy atom. The van der Waals surface area contributed by atoms with Gasteiger partial charge >= 0.3 is 5.97 Å². The molecule has 0 fully saturated rings. The highest BCUT2D eigenvalue weighted by Crippen LogP contribution is 2.18. The Morgan fingerprint density at radius 1 is 1.47 bits per heavy atom. The highest BCUT2D eigenvalue weighted by atomic mass is 32.2. The molecular formula is C12H15N3O2S2. The van der Waals surface area contributed by atoms with Crippen LogP contribution in [0.5, 0.6) is 0 Å². The Kier molecular flexibility index (Phi) is 4.60. The van der Waals surface area contributed by atoms with Gasteiger partial charge < -0.3 is 9.67 Å².